The highest BCUT2D eigenvalue weighted by molar-refractivity contribution is 7.98. The van der Waals surface area contributed by atoms with E-state index < -0.39 is 60.2 Å². The van der Waals surface area contributed by atoms with Crippen LogP contribution in [0.2, 0.25) is 0 Å². The van der Waals surface area contributed by atoms with Crippen molar-refractivity contribution in [1.82, 2.24) is 16.0 Å². The van der Waals surface area contributed by atoms with E-state index in [4.69, 9.17) is 10.8 Å². The number of rotatable bonds is 16. The Kier molecular flexibility index (Phi) is 14.8. The van der Waals surface area contributed by atoms with Gasteiger partial charge in [0.25, 0.3) is 0 Å². The number of carbonyl (C=O) groups is 5. The zero-order valence-corrected chi connectivity index (χ0v) is 20.2. The Morgan fingerprint density at radius 3 is 2.03 bits per heavy atom. The lowest BCUT2D eigenvalue weighted by Gasteiger charge is -2.27. The van der Waals surface area contributed by atoms with Gasteiger partial charge in [0.15, 0.2) is 0 Å². The zero-order chi connectivity index (χ0) is 24.8. The lowest BCUT2D eigenvalue weighted by molar-refractivity contribution is -0.143. The molecular weight excluding hydrogens is 460 g/mol. The highest BCUT2D eigenvalue weighted by Crippen LogP contribution is 2.10. The second kappa shape index (κ2) is 15.8. The van der Waals surface area contributed by atoms with Crippen LogP contribution in [-0.2, 0) is 24.0 Å². The van der Waals surface area contributed by atoms with Crippen molar-refractivity contribution in [3.05, 3.63) is 0 Å². The summed E-state index contributed by atoms with van der Waals surface area (Å²) < 4.78 is 0. The summed E-state index contributed by atoms with van der Waals surface area (Å²) in [4.78, 5) is 60.2. The molecule has 11 nitrogen and oxygen atoms in total. The Labute approximate surface area is 197 Å². The number of hydrogen-bond donors (Lipinski definition) is 7. The number of nitrogens with two attached hydrogens (primary N) is 1. The van der Waals surface area contributed by atoms with E-state index >= 15 is 0 Å². The van der Waals surface area contributed by atoms with Gasteiger partial charge in [-0.2, -0.15) is 24.4 Å². The molecule has 0 aromatic heterocycles. The molecule has 0 radical (unpaired) electrons. The molecule has 0 aromatic rings. The van der Waals surface area contributed by atoms with Crippen LogP contribution in [0.4, 0.5) is 0 Å². The Bertz CT molecular complexity index is 666. The number of aliphatic carboxylic acids is 2. The molecule has 13 heteroatoms. The minimum Gasteiger partial charge on any atom is -0.481 e. The summed E-state index contributed by atoms with van der Waals surface area (Å²) in [5.74, 6) is -4.28. The van der Waals surface area contributed by atoms with Gasteiger partial charge in [0.2, 0.25) is 17.7 Å². The molecule has 3 amide bonds. The second-order valence-electron chi connectivity index (χ2n) is 7.34. The Balaban J connectivity index is 5.54. The summed E-state index contributed by atoms with van der Waals surface area (Å²) in [5.41, 5.74) is 5.65. The molecule has 5 unspecified atom stereocenters. The first kappa shape index (κ1) is 30.0. The maximum atomic E-state index is 12.9. The van der Waals surface area contributed by atoms with Crippen LogP contribution in [0, 0.1) is 5.92 Å². The molecular formula is C19H34N4O7S2. The largest absolute Gasteiger partial charge is 0.481 e. The minimum atomic E-state index is -1.29. The molecule has 5 atom stereocenters. The summed E-state index contributed by atoms with van der Waals surface area (Å²) in [6.45, 7) is 3.54. The Morgan fingerprint density at radius 2 is 1.56 bits per heavy atom. The molecule has 32 heavy (non-hydrogen) atoms. The number of carboxylic acid groups (broad SMARTS) is 2. The third-order valence-corrected chi connectivity index (χ3v) is 5.87. The first-order chi connectivity index (χ1) is 15.0. The third-order valence-electron chi connectivity index (χ3n) is 4.83. The molecule has 0 aliphatic carbocycles. The van der Waals surface area contributed by atoms with Crippen LogP contribution in [0.3, 0.4) is 0 Å². The molecule has 0 aromatic carbocycles. The first-order valence-corrected chi connectivity index (χ1v) is 12.2. The minimum absolute atomic E-state index is 0.0664. The molecule has 0 heterocycles. The summed E-state index contributed by atoms with van der Waals surface area (Å²) in [6, 6.07) is -4.43. The molecule has 7 N–H and O–H groups in total. The zero-order valence-electron chi connectivity index (χ0n) is 18.5. The average Bonchev–Trinajstić information content (AvgIpc) is 2.75. The topological polar surface area (TPSA) is 188 Å². The van der Waals surface area contributed by atoms with Crippen molar-refractivity contribution in [3.8, 4) is 0 Å². The van der Waals surface area contributed by atoms with E-state index in [-0.39, 0.29) is 24.5 Å². The summed E-state index contributed by atoms with van der Waals surface area (Å²) in [6.07, 6.45) is 1.80. The van der Waals surface area contributed by atoms with Gasteiger partial charge in [-0.25, -0.2) is 4.79 Å². The van der Waals surface area contributed by atoms with E-state index in [0.717, 1.165) is 0 Å². The second-order valence-corrected chi connectivity index (χ2v) is 8.69. The molecule has 0 bridgehead atoms. The number of carbonyl (C=O) groups excluding carboxylic acids is 3. The van der Waals surface area contributed by atoms with E-state index in [1.165, 1.54) is 11.8 Å². The summed E-state index contributed by atoms with van der Waals surface area (Å²) in [7, 11) is 0. The van der Waals surface area contributed by atoms with Gasteiger partial charge in [-0.3, -0.25) is 19.2 Å². The number of carboxylic acids is 2. The number of thiol groups is 1. The Hall–Kier alpha value is -1.99. The number of hydrogen-bond acceptors (Lipinski definition) is 8. The molecule has 0 rings (SSSR count). The smallest absolute Gasteiger partial charge is 0.326 e. The van der Waals surface area contributed by atoms with Gasteiger partial charge in [0.05, 0.1) is 6.04 Å². The molecule has 0 aliphatic heterocycles. The normalized spacial score (nSPS) is 15.5. The number of nitrogens with one attached hydrogen (secondary N) is 3. The van der Waals surface area contributed by atoms with Gasteiger partial charge in [-0.1, -0.05) is 20.3 Å². The lowest BCUT2D eigenvalue weighted by Crippen LogP contribution is -2.58. The van der Waals surface area contributed by atoms with Crippen LogP contribution in [0.25, 0.3) is 0 Å². The van der Waals surface area contributed by atoms with E-state index in [0.29, 0.717) is 12.2 Å². The lowest BCUT2D eigenvalue weighted by atomic mass is 9.97. The van der Waals surface area contributed by atoms with Crippen molar-refractivity contribution in [2.45, 2.75) is 63.7 Å². The van der Waals surface area contributed by atoms with Crippen molar-refractivity contribution in [3.63, 3.8) is 0 Å². The fourth-order valence-corrected chi connectivity index (χ4v) is 3.25. The van der Waals surface area contributed by atoms with E-state index in [9.17, 15) is 29.1 Å². The van der Waals surface area contributed by atoms with Crippen molar-refractivity contribution in [2.75, 3.05) is 17.8 Å². The van der Waals surface area contributed by atoms with Crippen molar-refractivity contribution >= 4 is 54.1 Å². The highest BCUT2D eigenvalue weighted by Gasteiger charge is 2.32. The average molecular weight is 495 g/mol. The predicted molar refractivity (Wildman–Crippen MR) is 125 cm³/mol. The van der Waals surface area contributed by atoms with Gasteiger partial charge in [0, 0.05) is 12.2 Å². The van der Waals surface area contributed by atoms with E-state index in [2.05, 4.69) is 28.6 Å². The molecule has 0 saturated carbocycles. The standard InChI is InChI=1S/C19H34N4O7S2/c1-4-10(2)15(23-16(26)11(20)9-31)18(28)21-12(5-6-14(24)25)17(27)22-13(19(29)30)7-8-32-3/h10-13,15,31H,4-9,20H2,1-3H3,(H,21,28)(H,22,27)(H,23,26)(H,24,25)(H,29,30). The SMILES string of the molecule is CCC(C)C(NC(=O)C(N)CS)C(=O)NC(CCC(=O)O)C(=O)NC(CCSC)C(=O)O. The van der Waals surface area contributed by atoms with Gasteiger partial charge < -0.3 is 31.9 Å². The van der Waals surface area contributed by atoms with Crippen LogP contribution >= 0.6 is 24.4 Å². The molecule has 184 valence electrons. The summed E-state index contributed by atoms with van der Waals surface area (Å²) >= 11 is 5.37. The van der Waals surface area contributed by atoms with Gasteiger partial charge in [-0.05, 0) is 30.8 Å². The number of amides is 3. The quantitative estimate of drug-likeness (QED) is 0.138. The maximum Gasteiger partial charge on any atom is 0.326 e. The third kappa shape index (κ3) is 11.0. The molecule has 0 fully saturated rings. The van der Waals surface area contributed by atoms with Crippen LogP contribution < -0.4 is 21.7 Å². The highest BCUT2D eigenvalue weighted by atomic mass is 32.2. The van der Waals surface area contributed by atoms with Crippen molar-refractivity contribution in [2.24, 2.45) is 11.7 Å². The monoisotopic (exact) mass is 494 g/mol. The fraction of sp³-hybridized carbons (Fsp3) is 0.737. The molecule has 0 saturated heterocycles. The fourth-order valence-electron chi connectivity index (χ4n) is 2.61. The molecule has 0 spiro atoms. The number of thioether (sulfide) groups is 1. The summed E-state index contributed by atoms with van der Waals surface area (Å²) in [5, 5.41) is 25.7. The van der Waals surface area contributed by atoms with Gasteiger partial charge >= 0.3 is 11.9 Å². The maximum absolute atomic E-state index is 12.9. The van der Waals surface area contributed by atoms with Gasteiger partial charge in [-0.15, -0.1) is 0 Å². The van der Waals surface area contributed by atoms with Crippen LogP contribution in [0.15, 0.2) is 0 Å². The molecule has 0 aliphatic rings. The predicted octanol–water partition coefficient (Wildman–Crippen LogP) is -0.553. The van der Waals surface area contributed by atoms with Gasteiger partial charge in [0.1, 0.15) is 18.1 Å². The van der Waals surface area contributed by atoms with Crippen LogP contribution in [0.5, 0.6) is 0 Å². The van der Waals surface area contributed by atoms with Crippen molar-refractivity contribution in [1.29, 1.82) is 0 Å². The van der Waals surface area contributed by atoms with E-state index in [1.807, 2.05) is 6.92 Å². The Morgan fingerprint density at radius 1 is 0.969 bits per heavy atom. The van der Waals surface area contributed by atoms with Crippen molar-refractivity contribution < 1.29 is 34.2 Å². The van der Waals surface area contributed by atoms with E-state index in [1.54, 1.807) is 13.2 Å². The first-order valence-electron chi connectivity index (χ1n) is 10.2. The van der Waals surface area contributed by atoms with Crippen LogP contribution in [0.1, 0.15) is 39.5 Å². The van der Waals surface area contributed by atoms with Crippen LogP contribution in [-0.4, -0.2) is 81.8 Å².